The molecule has 0 spiro atoms. The average molecular weight is 354 g/mol. The molecule has 2 aliphatic heterocycles. The first kappa shape index (κ1) is 15.3. The van der Waals surface area contributed by atoms with Crippen LogP contribution in [0.4, 0.5) is 0 Å². The van der Waals surface area contributed by atoms with Gasteiger partial charge in [0.2, 0.25) is 0 Å². The third-order valence-electron chi connectivity index (χ3n) is 4.35. The normalized spacial score (nSPS) is 20.1. The van der Waals surface area contributed by atoms with E-state index in [0.717, 1.165) is 58.0 Å². The van der Waals surface area contributed by atoms with Gasteiger partial charge in [-0.3, -0.25) is 4.90 Å². The molecule has 4 nitrogen and oxygen atoms in total. The number of benzene rings is 1. The zero-order valence-corrected chi connectivity index (χ0v) is 14.1. The van der Waals surface area contributed by atoms with Crippen LogP contribution >= 0.6 is 15.9 Å². The Morgan fingerprint density at radius 1 is 1.14 bits per heavy atom. The van der Waals surface area contributed by atoms with Crippen LogP contribution in [0, 0.1) is 0 Å². The van der Waals surface area contributed by atoms with Crippen molar-refractivity contribution in [2.75, 3.05) is 45.9 Å². The third-order valence-corrected chi connectivity index (χ3v) is 4.80. The first-order chi connectivity index (χ1) is 10.3. The maximum Gasteiger partial charge on any atom is 0.127 e. The van der Waals surface area contributed by atoms with Gasteiger partial charge in [0.1, 0.15) is 5.75 Å². The molecule has 1 saturated heterocycles. The average Bonchev–Trinajstić information content (AvgIpc) is 2.81. The highest BCUT2D eigenvalue weighted by Gasteiger charge is 2.20. The maximum atomic E-state index is 5.84. The van der Waals surface area contributed by atoms with E-state index in [2.05, 4.69) is 37.9 Å². The fourth-order valence-electron chi connectivity index (χ4n) is 3.29. The molecule has 2 heterocycles. The van der Waals surface area contributed by atoms with Crippen LogP contribution in [0.5, 0.6) is 5.75 Å². The smallest absolute Gasteiger partial charge is 0.127 e. The minimum atomic E-state index is 0.757. The summed E-state index contributed by atoms with van der Waals surface area (Å²) in [6, 6.07) is 4.41. The van der Waals surface area contributed by atoms with Gasteiger partial charge < -0.3 is 15.4 Å². The Hall–Kier alpha value is -0.620. The van der Waals surface area contributed by atoms with E-state index >= 15 is 0 Å². The lowest BCUT2D eigenvalue weighted by Gasteiger charge is -2.22. The van der Waals surface area contributed by atoms with Gasteiger partial charge in [-0.25, -0.2) is 0 Å². The van der Waals surface area contributed by atoms with Crippen molar-refractivity contribution in [2.24, 2.45) is 5.73 Å². The molecule has 0 bridgehead atoms. The first-order valence-corrected chi connectivity index (χ1v) is 8.64. The first-order valence-electron chi connectivity index (χ1n) is 7.85. The highest BCUT2D eigenvalue weighted by atomic mass is 79.9. The Morgan fingerprint density at radius 3 is 2.81 bits per heavy atom. The van der Waals surface area contributed by atoms with Crippen molar-refractivity contribution < 1.29 is 4.74 Å². The van der Waals surface area contributed by atoms with Crippen molar-refractivity contribution in [1.82, 2.24) is 9.80 Å². The van der Waals surface area contributed by atoms with Crippen molar-refractivity contribution in [3.63, 3.8) is 0 Å². The number of fused-ring (bicyclic) bond motifs is 1. The van der Waals surface area contributed by atoms with Gasteiger partial charge in [0.25, 0.3) is 0 Å². The number of rotatable bonds is 4. The molecule has 3 rings (SSSR count). The van der Waals surface area contributed by atoms with Crippen LogP contribution in [0.1, 0.15) is 17.5 Å². The number of halogens is 1. The predicted molar refractivity (Wildman–Crippen MR) is 88.7 cm³/mol. The van der Waals surface area contributed by atoms with E-state index in [1.807, 2.05) is 0 Å². The number of hydrogen-bond donors (Lipinski definition) is 1. The Balaban J connectivity index is 1.67. The molecule has 0 amide bonds. The van der Waals surface area contributed by atoms with Crippen LogP contribution in [0.2, 0.25) is 0 Å². The van der Waals surface area contributed by atoms with Crippen molar-refractivity contribution in [1.29, 1.82) is 0 Å². The zero-order valence-electron chi connectivity index (χ0n) is 12.5. The highest BCUT2D eigenvalue weighted by Crippen LogP contribution is 2.33. The Bertz CT molecular complexity index is 495. The van der Waals surface area contributed by atoms with Crippen LogP contribution < -0.4 is 10.5 Å². The van der Waals surface area contributed by atoms with Crippen LogP contribution in [0.15, 0.2) is 16.6 Å². The van der Waals surface area contributed by atoms with Crippen molar-refractivity contribution in [3.05, 3.63) is 27.7 Å². The Labute approximate surface area is 135 Å². The lowest BCUT2D eigenvalue weighted by molar-refractivity contribution is 0.251. The lowest BCUT2D eigenvalue weighted by atomic mass is 10.1. The van der Waals surface area contributed by atoms with Gasteiger partial charge in [-0.2, -0.15) is 0 Å². The molecule has 1 aromatic carbocycles. The van der Waals surface area contributed by atoms with Gasteiger partial charge in [0.05, 0.1) is 6.61 Å². The summed E-state index contributed by atoms with van der Waals surface area (Å²) in [5, 5.41) is 0. The molecule has 0 radical (unpaired) electrons. The molecule has 1 fully saturated rings. The van der Waals surface area contributed by atoms with Crippen LogP contribution in [0.25, 0.3) is 0 Å². The predicted octanol–water partition coefficient (Wildman–Crippen LogP) is 1.85. The molecule has 0 aliphatic carbocycles. The number of nitrogens with zero attached hydrogens (tertiary/aromatic N) is 2. The Kier molecular flexibility index (Phi) is 5.16. The zero-order chi connectivity index (χ0) is 14.7. The number of ether oxygens (including phenoxy) is 1. The Morgan fingerprint density at radius 2 is 1.95 bits per heavy atom. The molecular formula is C16H24BrN3O. The van der Waals surface area contributed by atoms with Gasteiger partial charge in [-0.15, -0.1) is 0 Å². The molecule has 0 atom stereocenters. The fourth-order valence-corrected chi connectivity index (χ4v) is 3.85. The molecule has 0 saturated carbocycles. The largest absolute Gasteiger partial charge is 0.493 e. The van der Waals surface area contributed by atoms with E-state index in [1.165, 1.54) is 28.6 Å². The fraction of sp³-hybridized carbons (Fsp3) is 0.625. The van der Waals surface area contributed by atoms with Gasteiger partial charge in [-0.1, -0.05) is 15.9 Å². The summed E-state index contributed by atoms with van der Waals surface area (Å²) in [6.45, 7) is 8.14. The van der Waals surface area contributed by atoms with E-state index < -0.39 is 0 Å². The van der Waals surface area contributed by atoms with Crippen LogP contribution in [-0.4, -0.2) is 55.7 Å². The van der Waals surface area contributed by atoms with Gasteiger partial charge in [0.15, 0.2) is 0 Å². The molecule has 0 aromatic heterocycles. The standard InChI is InChI=1S/C16H24BrN3O/c17-15-10-13-2-9-21-16(13)14(11-15)12-20-5-1-4-19(6-3-18)7-8-20/h10-11H,1-9,12,18H2. The molecule has 21 heavy (non-hydrogen) atoms. The number of nitrogens with two attached hydrogens (primary N) is 1. The quantitative estimate of drug-likeness (QED) is 0.896. The molecule has 2 aliphatic rings. The summed E-state index contributed by atoms with van der Waals surface area (Å²) >= 11 is 3.63. The summed E-state index contributed by atoms with van der Waals surface area (Å²) in [5.74, 6) is 1.13. The maximum absolute atomic E-state index is 5.84. The summed E-state index contributed by atoms with van der Waals surface area (Å²) in [7, 11) is 0. The molecule has 0 unspecified atom stereocenters. The second-order valence-electron chi connectivity index (χ2n) is 5.91. The summed E-state index contributed by atoms with van der Waals surface area (Å²) in [4.78, 5) is 5.02. The van der Waals surface area contributed by atoms with E-state index in [4.69, 9.17) is 10.5 Å². The van der Waals surface area contributed by atoms with E-state index in [1.54, 1.807) is 0 Å². The van der Waals surface area contributed by atoms with Crippen molar-refractivity contribution in [2.45, 2.75) is 19.4 Å². The number of hydrogen-bond acceptors (Lipinski definition) is 4. The minimum absolute atomic E-state index is 0.757. The SMILES string of the molecule is NCCN1CCCN(Cc2cc(Br)cc3c2OCC3)CC1. The monoisotopic (exact) mass is 353 g/mol. The lowest BCUT2D eigenvalue weighted by Crippen LogP contribution is -2.33. The van der Waals surface area contributed by atoms with Crippen LogP contribution in [0.3, 0.4) is 0 Å². The van der Waals surface area contributed by atoms with Gasteiger partial charge in [0, 0.05) is 49.2 Å². The summed E-state index contributed by atoms with van der Waals surface area (Å²) in [6.07, 6.45) is 2.25. The third kappa shape index (κ3) is 3.77. The van der Waals surface area contributed by atoms with E-state index in [-0.39, 0.29) is 0 Å². The van der Waals surface area contributed by atoms with Crippen molar-refractivity contribution in [3.8, 4) is 5.75 Å². The highest BCUT2D eigenvalue weighted by molar-refractivity contribution is 9.10. The molecule has 5 heteroatoms. The van der Waals surface area contributed by atoms with Crippen molar-refractivity contribution >= 4 is 15.9 Å². The second kappa shape index (κ2) is 7.09. The molecule has 116 valence electrons. The second-order valence-corrected chi connectivity index (χ2v) is 6.83. The summed E-state index contributed by atoms with van der Waals surface area (Å²) in [5.41, 5.74) is 8.34. The molecule has 1 aromatic rings. The minimum Gasteiger partial charge on any atom is -0.493 e. The van der Waals surface area contributed by atoms with Crippen LogP contribution in [-0.2, 0) is 13.0 Å². The van der Waals surface area contributed by atoms with Gasteiger partial charge in [-0.05, 0) is 37.2 Å². The topological polar surface area (TPSA) is 41.7 Å². The molecule has 2 N–H and O–H groups in total. The summed E-state index contributed by atoms with van der Waals surface area (Å²) < 4.78 is 7.01. The molecular weight excluding hydrogens is 330 g/mol. The van der Waals surface area contributed by atoms with Gasteiger partial charge >= 0.3 is 0 Å². The van der Waals surface area contributed by atoms with E-state index in [9.17, 15) is 0 Å². The van der Waals surface area contributed by atoms with E-state index in [0.29, 0.717) is 0 Å².